The second-order valence-corrected chi connectivity index (χ2v) is 5.34. The number of rotatable bonds is 5. The summed E-state index contributed by atoms with van der Waals surface area (Å²) in [4.78, 5) is 33.8. The van der Waals surface area contributed by atoms with Gasteiger partial charge in [-0.2, -0.15) is 0 Å². The summed E-state index contributed by atoms with van der Waals surface area (Å²) in [5, 5.41) is 13.5. The average molecular weight is 369 g/mol. The SMILES string of the molecule is O=C(COC(=O)c1cc([N+](=O)[O-])ccc1Cl)Nc1ccccc1Cl. The van der Waals surface area contributed by atoms with Crippen LogP contribution in [0.15, 0.2) is 42.5 Å². The van der Waals surface area contributed by atoms with Crippen LogP contribution in [0.5, 0.6) is 0 Å². The Morgan fingerprint density at radius 1 is 1.12 bits per heavy atom. The lowest BCUT2D eigenvalue weighted by atomic mass is 10.2. The molecule has 2 aromatic rings. The molecule has 0 aliphatic heterocycles. The largest absolute Gasteiger partial charge is 0.452 e. The van der Waals surface area contributed by atoms with Gasteiger partial charge in [-0.15, -0.1) is 0 Å². The van der Waals surface area contributed by atoms with Crippen molar-refractivity contribution >= 4 is 46.5 Å². The van der Waals surface area contributed by atoms with Gasteiger partial charge in [0.15, 0.2) is 6.61 Å². The van der Waals surface area contributed by atoms with E-state index in [9.17, 15) is 19.7 Å². The van der Waals surface area contributed by atoms with Gasteiger partial charge >= 0.3 is 5.97 Å². The molecular weight excluding hydrogens is 359 g/mol. The zero-order valence-electron chi connectivity index (χ0n) is 12.0. The Hall–Kier alpha value is -2.64. The lowest BCUT2D eigenvalue weighted by molar-refractivity contribution is -0.384. The Balaban J connectivity index is 2.00. The molecule has 0 radical (unpaired) electrons. The number of nitrogens with one attached hydrogen (secondary N) is 1. The predicted molar refractivity (Wildman–Crippen MR) is 88.5 cm³/mol. The van der Waals surface area contributed by atoms with E-state index in [1.807, 2.05) is 0 Å². The molecule has 2 rings (SSSR count). The molecule has 0 atom stereocenters. The molecule has 0 spiro atoms. The summed E-state index contributed by atoms with van der Waals surface area (Å²) in [6.07, 6.45) is 0. The monoisotopic (exact) mass is 368 g/mol. The number of carbonyl (C=O) groups is 2. The van der Waals surface area contributed by atoms with E-state index in [1.165, 1.54) is 6.07 Å². The molecule has 0 heterocycles. The molecule has 0 bridgehead atoms. The number of hydrogen-bond donors (Lipinski definition) is 1. The number of anilines is 1. The number of para-hydroxylation sites is 1. The van der Waals surface area contributed by atoms with E-state index in [4.69, 9.17) is 27.9 Å². The first-order valence-electron chi connectivity index (χ1n) is 6.54. The van der Waals surface area contributed by atoms with Crippen LogP contribution >= 0.6 is 23.2 Å². The van der Waals surface area contributed by atoms with Crippen molar-refractivity contribution in [1.29, 1.82) is 0 Å². The number of halogens is 2. The van der Waals surface area contributed by atoms with Gasteiger partial charge in [0, 0.05) is 12.1 Å². The maximum absolute atomic E-state index is 11.9. The number of nitrogens with zero attached hydrogens (tertiary/aromatic N) is 1. The van der Waals surface area contributed by atoms with Gasteiger partial charge in [-0.25, -0.2) is 4.79 Å². The van der Waals surface area contributed by atoms with Crippen LogP contribution in [0.1, 0.15) is 10.4 Å². The maximum atomic E-state index is 11.9. The van der Waals surface area contributed by atoms with Crippen molar-refractivity contribution in [2.45, 2.75) is 0 Å². The highest BCUT2D eigenvalue weighted by Gasteiger charge is 2.18. The number of nitro benzene ring substituents is 1. The minimum absolute atomic E-state index is 0.0166. The van der Waals surface area contributed by atoms with Crippen LogP contribution in [0.4, 0.5) is 11.4 Å². The number of nitro groups is 1. The van der Waals surface area contributed by atoms with Gasteiger partial charge in [-0.1, -0.05) is 35.3 Å². The van der Waals surface area contributed by atoms with Crippen molar-refractivity contribution in [3.05, 3.63) is 68.2 Å². The molecule has 1 N–H and O–H groups in total. The van der Waals surface area contributed by atoms with Gasteiger partial charge in [-0.05, 0) is 18.2 Å². The average Bonchev–Trinajstić information content (AvgIpc) is 2.55. The van der Waals surface area contributed by atoms with Crippen molar-refractivity contribution < 1.29 is 19.2 Å². The fourth-order valence-corrected chi connectivity index (χ4v) is 2.12. The third-order valence-corrected chi connectivity index (χ3v) is 3.52. The molecule has 9 heteroatoms. The van der Waals surface area contributed by atoms with Crippen LogP contribution in [0.2, 0.25) is 10.0 Å². The second kappa shape index (κ2) is 7.76. The van der Waals surface area contributed by atoms with E-state index >= 15 is 0 Å². The summed E-state index contributed by atoms with van der Waals surface area (Å²) in [7, 11) is 0. The Morgan fingerprint density at radius 3 is 2.50 bits per heavy atom. The number of hydrogen-bond acceptors (Lipinski definition) is 5. The molecule has 0 fully saturated rings. The van der Waals surface area contributed by atoms with Gasteiger partial charge in [0.25, 0.3) is 11.6 Å². The van der Waals surface area contributed by atoms with E-state index in [0.717, 1.165) is 12.1 Å². The van der Waals surface area contributed by atoms with E-state index in [1.54, 1.807) is 24.3 Å². The highest BCUT2D eigenvalue weighted by molar-refractivity contribution is 6.34. The highest BCUT2D eigenvalue weighted by Crippen LogP contribution is 2.23. The number of ether oxygens (including phenoxy) is 1. The second-order valence-electron chi connectivity index (χ2n) is 4.53. The number of esters is 1. The molecule has 0 saturated heterocycles. The van der Waals surface area contributed by atoms with Crippen LogP contribution in [-0.2, 0) is 9.53 Å². The summed E-state index contributed by atoms with van der Waals surface area (Å²) in [5.74, 6) is -1.56. The molecule has 0 aliphatic rings. The Morgan fingerprint density at radius 2 is 1.83 bits per heavy atom. The Kier molecular flexibility index (Phi) is 5.73. The first-order valence-corrected chi connectivity index (χ1v) is 7.29. The number of carbonyl (C=O) groups excluding carboxylic acids is 2. The van der Waals surface area contributed by atoms with Crippen LogP contribution < -0.4 is 5.32 Å². The quantitative estimate of drug-likeness (QED) is 0.492. The summed E-state index contributed by atoms with van der Waals surface area (Å²) in [6, 6.07) is 9.89. The molecule has 0 unspecified atom stereocenters. The van der Waals surface area contributed by atoms with Gasteiger partial charge < -0.3 is 10.1 Å². The lowest BCUT2D eigenvalue weighted by Crippen LogP contribution is -2.21. The van der Waals surface area contributed by atoms with Gasteiger partial charge in [0.2, 0.25) is 0 Å². The van der Waals surface area contributed by atoms with Gasteiger partial charge in [0.1, 0.15) is 0 Å². The maximum Gasteiger partial charge on any atom is 0.340 e. The third-order valence-electron chi connectivity index (χ3n) is 2.86. The van der Waals surface area contributed by atoms with Gasteiger partial charge in [0.05, 0.1) is 26.2 Å². The third kappa shape index (κ3) is 4.43. The zero-order chi connectivity index (χ0) is 17.7. The molecule has 7 nitrogen and oxygen atoms in total. The standard InChI is InChI=1S/C15H10Cl2N2O5/c16-11-6-5-9(19(22)23)7-10(11)15(21)24-8-14(20)18-13-4-2-1-3-12(13)17/h1-7H,8H2,(H,18,20). The van der Waals surface area contributed by atoms with E-state index in [0.29, 0.717) is 10.7 Å². The summed E-state index contributed by atoms with van der Waals surface area (Å²) < 4.78 is 4.82. The summed E-state index contributed by atoms with van der Waals surface area (Å²) in [5.41, 5.74) is -0.142. The minimum atomic E-state index is -0.946. The molecule has 24 heavy (non-hydrogen) atoms. The molecule has 1 amide bonds. The van der Waals surface area contributed by atoms with Crippen molar-refractivity contribution in [2.24, 2.45) is 0 Å². The zero-order valence-corrected chi connectivity index (χ0v) is 13.5. The Labute approximate surface area is 146 Å². The van der Waals surface area contributed by atoms with Crippen LogP contribution in [-0.4, -0.2) is 23.4 Å². The fraction of sp³-hybridized carbons (Fsp3) is 0.0667. The topological polar surface area (TPSA) is 98.5 Å². The Bertz CT molecular complexity index is 810. The van der Waals surface area contributed by atoms with Gasteiger partial charge in [-0.3, -0.25) is 14.9 Å². The number of amides is 1. The van der Waals surface area contributed by atoms with Crippen molar-refractivity contribution in [3.8, 4) is 0 Å². The number of non-ortho nitro benzene ring substituents is 1. The number of benzene rings is 2. The van der Waals surface area contributed by atoms with E-state index < -0.39 is 23.4 Å². The normalized spacial score (nSPS) is 10.1. The highest BCUT2D eigenvalue weighted by atomic mass is 35.5. The van der Waals surface area contributed by atoms with E-state index in [2.05, 4.69) is 5.32 Å². The van der Waals surface area contributed by atoms with E-state index in [-0.39, 0.29) is 16.3 Å². The minimum Gasteiger partial charge on any atom is -0.452 e. The fourth-order valence-electron chi connectivity index (χ4n) is 1.74. The van der Waals surface area contributed by atoms with Crippen LogP contribution in [0.3, 0.4) is 0 Å². The van der Waals surface area contributed by atoms with Crippen molar-refractivity contribution in [2.75, 3.05) is 11.9 Å². The first-order chi connectivity index (χ1) is 11.4. The summed E-state index contributed by atoms with van der Waals surface area (Å²) in [6.45, 7) is -0.594. The first kappa shape index (κ1) is 17.7. The lowest BCUT2D eigenvalue weighted by Gasteiger charge is -2.08. The van der Waals surface area contributed by atoms with Crippen LogP contribution in [0, 0.1) is 10.1 Å². The molecule has 0 aromatic heterocycles. The molecule has 0 saturated carbocycles. The molecule has 0 aliphatic carbocycles. The molecule has 2 aromatic carbocycles. The smallest absolute Gasteiger partial charge is 0.340 e. The summed E-state index contributed by atoms with van der Waals surface area (Å²) >= 11 is 11.7. The molecular formula is C15H10Cl2N2O5. The van der Waals surface area contributed by atoms with Crippen molar-refractivity contribution in [3.63, 3.8) is 0 Å². The van der Waals surface area contributed by atoms with Crippen LogP contribution in [0.25, 0.3) is 0 Å². The predicted octanol–water partition coefficient (Wildman–Crippen LogP) is 3.70. The molecule has 124 valence electrons. The van der Waals surface area contributed by atoms with Crippen molar-refractivity contribution in [1.82, 2.24) is 0 Å².